The number of benzene rings is 7. The fraction of sp³-hybridized carbons (Fsp3) is 0.0455. The van der Waals surface area contributed by atoms with Crippen LogP contribution in [0.25, 0.3) is 33.1 Å². The quantitative estimate of drug-likeness (QED) is 0.174. The van der Waals surface area contributed by atoms with Gasteiger partial charge in [0.25, 0.3) is 0 Å². The Morgan fingerprint density at radius 1 is 0.521 bits per heavy atom. The van der Waals surface area contributed by atoms with E-state index in [-0.39, 0.29) is 0 Å². The summed E-state index contributed by atoms with van der Waals surface area (Å²) < 4.78 is 22.7. The minimum absolute atomic E-state index is 0.704. The van der Waals surface area contributed by atoms with Crippen LogP contribution in [0.1, 0.15) is 27.8 Å². The van der Waals surface area contributed by atoms with Crippen LogP contribution in [0.2, 0.25) is 0 Å². The first kappa shape index (κ1) is 28.0. The monoisotopic (exact) mass is 652 g/mol. The fourth-order valence-electron chi connectivity index (χ4n) is 8.13. The second kappa shape index (κ2) is 10.2. The standard InChI is InChI=1S/C44H29O2PS/c1-28-19-21-29(22-20-28)30-23-24-36-43(25-30)48-42-18-10-7-15-35(42)44(36)34-14-6-9-17-40(34)47(45,31-11-3-2-4-12-31)41-27-39-33(26-37(41)44)32-13-5-8-16-38(32)46-39/h2-27H,1H3. The van der Waals surface area contributed by atoms with E-state index in [1.165, 1.54) is 37.6 Å². The van der Waals surface area contributed by atoms with E-state index in [9.17, 15) is 0 Å². The molecule has 0 bridgehead atoms. The number of aryl methyl sites for hydroxylation is 1. The lowest BCUT2D eigenvalue weighted by Crippen LogP contribution is -2.48. The van der Waals surface area contributed by atoms with Crippen molar-refractivity contribution in [1.82, 2.24) is 0 Å². The van der Waals surface area contributed by atoms with Gasteiger partial charge in [-0.05, 0) is 70.6 Å². The zero-order chi connectivity index (χ0) is 32.0. The van der Waals surface area contributed by atoms with Gasteiger partial charge in [0.15, 0.2) is 7.14 Å². The Labute approximate surface area is 283 Å². The topological polar surface area (TPSA) is 30.2 Å². The summed E-state index contributed by atoms with van der Waals surface area (Å²) in [5.74, 6) is 0. The van der Waals surface area contributed by atoms with Crippen LogP contribution in [-0.4, -0.2) is 0 Å². The summed E-state index contributed by atoms with van der Waals surface area (Å²) in [6.07, 6.45) is 0. The van der Waals surface area contributed by atoms with Crippen molar-refractivity contribution in [2.24, 2.45) is 0 Å². The maximum absolute atomic E-state index is 16.2. The molecule has 0 radical (unpaired) electrons. The minimum Gasteiger partial charge on any atom is -0.456 e. The third kappa shape index (κ3) is 3.69. The summed E-state index contributed by atoms with van der Waals surface area (Å²) in [6, 6.07) is 55.6. The Bertz CT molecular complexity index is 2640. The van der Waals surface area contributed by atoms with Crippen molar-refractivity contribution < 1.29 is 8.98 Å². The van der Waals surface area contributed by atoms with E-state index in [1.54, 1.807) is 0 Å². The van der Waals surface area contributed by atoms with Crippen LogP contribution in [0.5, 0.6) is 0 Å². The van der Waals surface area contributed by atoms with E-state index < -0.39 is 12.6 Å². The molecule has 0 aliphatic carbocycles. The van der Waals surface area contributed by atoms with Gasteiger partial charge < -0.3 is 8.98 Å². The number of para-hydroxylation sites is 1. The van der Waals surface area contributed by atoms with Crippen molar-refractivity contribution in [2.75, 3.05) is 0 Å². The highest BCUT2D eigenvalue weighted by Gasteiger charge is 2.54. The van der Waals surface area contributed by atoms with Crippen LogP contribution in [0.3, 0.4) is 0 Å². The number of furan rings is 1. The highest BCUT2D eigenvalue weighted by molar-refractivity contribution is 7.99. The molecule has 1 aromatic heterocycles. The Morgan fingerprint density at radius 3 is 2.06 bits per heavy atom. The molecule has 2 atom stereocenters. The molecule has 3 heterocycles. The lowest BCUT2D eigenvalue weighted by Gasteiger charge is -2.47. The molecule has 0 fully saturated rings. The van der Waals surface area contributed by atoms with Crippen LogP contribution in [0, 0.1) is 6.92 Å². The van der Waals surface area contributed by atoms with Crippen LogP contribution in [0.15, 0.2) is 172 Å². The van der Waals surface area contributed by atoms with E-state index in [4.69, 9.17) is 4.42 Å². The second-order valence-electron chi connectivity index (χ2n) is 12.9. The van der Waals surface area contributed by atoms with Gasteiger partial charge >= 0.3 is 0 Å². The highest BCUT2D eigenvalue weighted by atomic mass is 32.2. The van der Waals surface area contributed by atoms with Gasteiger partial charge in [-0.2, -0.15) is 0 Å². The summed E-state index contributed by atoms with van der Waals surface area (Å²) in [7, 11) is -3.34. The molecule has 228 valence electrons. The first-order valence-electron chi connectivity index (χ1n) is 16.3. The SMILES string of the molecule is Cc1ccc(-c2ccc3c(c2)Sc2ccccc2C32c3ccccc3P(=O)(c3ccccc3)c3cc4oc5ccccc5c4cc32)cc1. The Kier molecular flexibility index (Phi) is 5.95. The van der Waals surface area contributed by atoms with Gasteiger partial charge in [0.05, 0.1) is 5.41 Å². The summed E-state index contributed by atoms with van der Waals surface area (Å²) in [5.41, 5.74) is 9.08. The fourth-order valence-corrected chi connectivity index (χ4v) is 12.5. The van der Waals surface area contributed by atoms with E-state index in [2.05, 4.69) is 116 Å². The predicted molar refractivity (Wildman–Crippen MR) is 199 cm³/mol. The Balaban J connectivity index is 1.39. The first-order chi connectivity index (χ1) is 23.6. The van der Waals surface area contributed by atoms with Gasteiger partial charge in [-0.1, -0.05) is 145 Å². The van der Waals surface area contributed by atoms with Crippen molar-refractivity contribution in [1.29, 1.82) is 0 Å². The molecular formula is C44H29O2PS. The Hall–Kier alpha value is -5.08. The minimum atomic E-state index is -3.34. The zero-order valence-electron chi connectivity index (χ0n) is 26.2. The first-order valence-corrected chi connectivity index (χ1v) is 18.8. The van der Waals surface area contributed by atoms with Gasteiger partial charge in [-0.3, -0.25) is 0 Å². The van der Waals surface area contributed by atoms with Gasteiger partial charge in [0, 0.05) is 36.5 Å². The van der Waals surface area contributed by atoms with Crippen LogP contribution >= 0.6 is 18.9 Å². The van der Waals surface area contributed by atoms with E-state index in [0.29, 0.717) is 0 Å². The van der Waals surface area contributed by atoms with Gasteiger partial charge in [0.2, 0.25) is 0 Å². The summed E-state index contributed by atoms with van der Waals surface area (Å²) >= 11 is 1.83. The Morgan fingerprint density at radius 2 is 1.21 bits per heavy atom. The average Bonchev–Trinajstić information content (AvgIpc) is 3.51. The molecule has 1 spiro atoms. The lowest BCUT2D eigenvalue weighted by atomic mass is 9.64. The van der Waals surface area contributed by atoms with Crippen LogP contribution in [-0.2, 0) is 9.98 Å². The van der Waals surface area contributed by atoms with Crippen LogP contribution < -0.4 is 15.9 Å². The number of hydrogen-bond donors (Lipinski definition) is 0. The molecule has 4 heteroatoms. The third-order valence-corrected chi connectivity index (χ3v) is 14.6. The van der Waals surface area contributed by atoms with E-state index in [1.807, 2.05) is 60.3 Å². The molecule has 2 aliphatic rings. The molecule has 2 nitrogen and oxygen atoms in total. The van der Waals surface area contributed by atoms with Gasteiger partial charge in [-0.25, -0.2) is 0 Å². The zero-order valence-corrected chi connectivity index (χ0v) is 27.9. The normalized spacial score (nSPS) is 19.1. The van der Waals surface area contributed by atoms with Crippen molar-refractivity contribution in [3.8, 4) is 11.1 Å². The molecule has 2 aliphatic heterocycles. The van der Waals surface area contributed by atoms with E-state index >= 15 is 4.57 Å². The molecule has 48 heavy (non-hydrogen) atoms. The van der Waals surface area contributed by atoms with Crippen LogP contribution in [0.4, 0.5) is 0 Å². The molecule has 0 saturated heterocycles. The maximum Gasteiger partial charge on any atom is 0.171 e. The molecule has 7 aromatic carbocycles. The lowest BCUT2D eigenvalue weighted by molar-refractivity contribution is 0.589. The summed E-state index contributed by atoms with van der Waals surface area (Å²) in [5, 5.41) is 4.66. The average molecular weight is 653 g/mol. The number of hydrogen-bond acceptors (Lipinski definition) is 3. The number of fused-ring (bicyclic) bond motifs is 11. The maximum atomic E-state index is 16.2. The molecule has 0 N–H and O–H groups in total. The van der Waals surface area contributed by atoms with Gasteiger partial charge in [-0.15, -0.1) is 0 Å². The van der Waals surface area contributed by atoms with Crippen molar-refractivity contribution in [2.45, 2.75) is 22.1 Å². The smallest absolute Gasteiger partial charge is 0.171 e. The predicted octanol–water partition coefficient (Wildman–Crippen LogP) is 10.4. The third-order valence-electron chi connectivity index (χ3n) is 10.3. The molecule has 2 unspecified atom stereocenters. The number of rotatable bonds is 2. The largest absolute Gasteiger partial charge is 0.456 e. The van der Waals surface area contributed by atoms with E-state index in [0.717, 1.165) is 49.0 Å². The van der Waals surface area contributed by atoms with Crippen molar-refractivity contribution in [3.63, 3.8) is 0 Å². The molecule has 0 saturated carbocycles. The molecule has 8 aromatic rings. The van der Waals surface area contributed by atoms with Crippen molar-refractivity contribution >= 4 is 56.8 Å². The highest BCUT2D eigenvalue weighted by Crippen LogP contribution is 2.62. The van der Waals surface area contributed by atoms with Crippen molar-refractivity contribution in [3.05, 3.63) is 186 Å². The molecule has 0 amide bonds. The molecular weight excluding hydrogens is 624 g/mol. The summed E-state index contributed by atoms with van der Waals surface area (Å²) in [6.45, 7) is 2.12. The van der Waals surface area contributed by atoms with Gasteiger partial charge in [0.1, 0.15) is 11.2 Å². The molecule has 10 rings (SSSR count). The second-order valence-corrected chi connectivity index (χ2v) is 16.6. The summed E-state index contributed by atoms with van der Waals surface area (Å²) in [4.78, 5) is 2.42.